The topological polar surface area (TPSA) is 66.5 Å². The molecule has 1 heterocycles. The van der Waals surface area contributed by atoms with E-state index in [0.29, 0.717) is 11.1 Å². The Morgan fingerprint density at radius 3 is 2.58 bits per heavy atom. The summed E-state index contributed by atoms with van der Waals surface area (Å²) in [6.45, 7) is 1.42. The molecule has 5 heteroatoms. The number of nitrogens with zero attached hydrogens (tertiary/aromatic N) is 1. The molecule has 2 aromatic rings. The molecule has 1 aliphatic carbocycles. The zero-order chi connectivity index (χ0) is 18.3. The molecular weight excluding hydrogens is 328 g/mol. The minimum atomic E-state index is -1.14. The maximum Gasteiger partial charge on any atom is 0.325 e. The van der Waals surface area contributed by atoms with Crippen LogP contribution >= 0.6 is 0 Å². The Labute approximate surface area is 152 Å². The minimum Gasteiger partial charge on any atom is -0.319 e. The number of ketones is 1. The number of rotatable bonds is 4. The van der Waals surface area contributed by atoms with E-state index in [0.717, 1.165) is 24.2 Å². The van der Waals surface area contributed by atoms with Crippen molar-refractivity contribution in [1.82, 2.24) is 10.2 Å². The zero-order valence-corrected chi connectivity index (χ0v) is 14.6. The van der Waals surface area contributed by atoms with Crippen LogP contribution in [-0.4, -0.2) is 29.2 Å². The number of amides is 3. The second-order valence-corrected chi connectivity index (χ2v) is 7.07. The van der Waals surface area contributed by atoms with Crippen LogP contribution in [0.15, 0.2) is 48.5 Å². The van der Waals surface area contributed by atoms with Crippen LogP contribution in [0, 0.1) is 0 Å². The Morgan fingerprint density at radius 2 is 1.81 bits per heavy atom. The molecule has 0 aromatic heterocycles. The van der Waals surface area contributed by atoms with Gasteiger partial charge in [0.1, 0.15) is 5.54 Å². The van der Waals surface area contributed by atoms with Crippen molar-refractivity contribution < 1.29 is 14.4 Å². The van der Waals surface area contributed by atoms with Gasteiger partial charge in [-0.05, 0) is 48.9 Å². The third-order valence-corrected chi connectivity index (χ3v) is 5.35. The zero-order valence-electron chi connectivity index (χ0n) is 14.6. The highest BCUT2D eigenvalue weighted by Gasteiger charge is 2.49. The summed E-state index contributed by atoms with van der Waals surface area (Å²) in [6, 6.07) is 14.2. The number of hydrogen-bond donors (Lipinski definition) is 1. The van der Waals surface area contributed by atoms with E-state index >= 15 is 0 Å². The number of benzene rings is 2. The fourth-order valence-electron chi connectivity index (χ4n) is 3.79. The molecule has 3 amide bonds. The van der Waals surface area contributed by atoms with Gasteiger partial charge >= 0.3 is 6.03 Å². The highest BCUT2D eigenvalue weighted by atomic mass is 16.2. The monoisotopic (exact) mass is 348 g/mol. The fraction of sp³-hybridized carbons (Fsp3) is 0.286. The number of aryl methyl sites for hydroxylation is 2. The third-order valence-electron chi connectivity index (χ3n) is 5.35. The Kier molecular flexibility index (Phi) is 3.87. The number of carbonyl (C=O) groups excluding carboxylic acids is 3. The van der Waals surface area contributed by atoms with Gasteiger partial charge in [0.05, 0.1) is 6.54 Å². The van der Waals surface area contributed by atoms with E-state index in [2.05, 4.69) is 5.32 Å². The van der Waals surface area contributed by atoms with E-state index in [-0.39, 0.29) is 12.3 Å². The van der Waals surface area contributed by atoms with Crippen LogP contribution in [0.3, 0.4) is 0 Å². The lowest BCUT2D eigenvalue weighted by Crippen LogP contribution is -2.41. The van der Waals surface area contributed by atoms with E-state index in [9.17, 15) is 14.4 Å². The predicted molar refractivity (Wildman–Crippen MR) is 96.8 cm³/mol. The first-order chi connectivity index (χ1) is 12.5. The average molecular weight is 348 g/mol. The molecule has 0 radical (unpaired) electrons. The molecule has 26 heavy (non-hydrogen) atoms. The second-order valence-electron chi connectivity index (χ2n) is 7.07. The lowest BCUT2D eigenvalue weighted by molar-refractivity contribution is -0.130. The highest BCUT2D eigenvalue weighted by Crippen LogP contribution is 2.29. The van der Waals surface area contributed by atoms with Crippen molar-refractivity contribution in [1.29, 1.82) is 0 Å². The summed E-state index contributed by atoms with van der Waals surface area (Å²) in [7, 11) is 0. The predicted octanol–water partition coefficient (Wildman–Crippen LogP) is 2.83. The summed E-state index contributed by atoms with van der Waals surface area (Å²) in [6.07, 6.45) is 3.13. The summed E-state index contributed by atoms with van der Waals surface area (Å²) in [4.78, 5) is 38.9. The molecule has 5 nitrogen and oxygen atoms in total. The van der Waals surface area contributed by atoms with Crippen LogP contribution in [0.25, 0.3) is 0 Å². The molecule has 1 N–H and O–H groups in total. The van der Waals surface area contributed by atoms with Gasteiger partial charge in [0.2, 0.25) is 0 Å². The van der Waals surface area contributed by atoms with Gasteiger partial charge in [-0.3, -0.25) is 14.5 Å². The lowest BCUT2D eigenvalue weighted by atomic mass is 9.92. The van der Waals surface area contributed by atoms with Crippen LogP contribution in [0.1, 0.15) is 40.4 Å². The number of hydrogen-bond acceptors (Lipinski definition) is 3. The number of imide groups is 1. The molecule has 1 atom stereocenters. The van der Waals surface area contributed by atoms with Gasteiger partial charge in [-0.2, -0.15) is 0 Å². The van der Waals surface area contributed by atoms with E-state index < -0.39 is 17.5 Å². The van der Waals surface area contributed by atoms with Crippen LogP contribution in [-0.2, 0) is 23.2 Å². The summed E-state index contributed by atoms with van der Waals surface area (Å²) in [5, 5.41) is 2.73. The van der Waals surface area contributed by atoms with Gasteiger partial charge in [0.25, 0.3) is 5.91 Å². The molecule has 2 aromatic carbocycles. The molecule has 0 saturated carbocycles. The van der Waals surface area contributed by atoms with Crippen molar-refractivity contribution in [2.45, 2.75) is 31.7 Å². The second kappa shape index (κ2) is 6.09. The largest absolute Gasteiger partial charge is 0.325 e. The molecule has 1 aliphatic heterocycles. The van der Waals surface area contributed by atoms with Gasteiger partial charge < -0.3 is 5.32 Å². The van der Waals surface area contributed by atoms with Crippen LogP contribution < -0.4 is 5.32 Å². The molecule has 0 unspecified atom stereocenters. The Hall–Kier alpha value is -2.95. The highest BCUT2D eigenvalue weighted by molar-refractivity contribution is 6.11. The standard InChI is InChI=1S/C21H20N2O3/c1-21(17-8-3-2-4-9-17)19(25)23(20(26)22-21)13-18(24)16-11-10-14-6-5-7-15(14)12-16/h2-4,8-12H,5-7,13H2,1H3,(H,22,26)/t21-/m0/s1. The number of urea groups is 1. The molecule has 132 valence electrons. The van der Waals surface area contributed by atoms with E-state index in [1.807, 2.05) is 30.3 Å². The number of carbonyl (C=O) groups is 3. The average Bonchev–Trinajstić information content (AvgIpc) is 3.20. The van der Waals surface area contributed by atoms with Crippen LogP contribution in [0.5, 0.6) is 0 Å². The maximum absolute atomic E-state index is 12.9. The molecule has 1 fully saturated rings. The third kappa shape index (κ3) is 2.60. The van der Waals surface area contributed by atoms with Crippen molar-refractivity contribution in [3.05, 3.63) is 70.8 Å². The van der Waals surface area contributed by atoms with Crippen molar-refractivity contribution in [2.24, 2.45) is 0 Å². The van der Waals surface area contributed by atoms with Crippen molar-refractivity contribution in [3.8, 4) is 0 Å². The van der Waals surface area contributed by atoms with Gasteiger partial charge in [0.15, 0.2) is 5.78 Å². The van der Waals surface area contributed by atoms with Gasteiger partial charge in [-0.1, -0.05) is 42.5 Å². The summed E-state index contributed by atoms with van der Waals surface area (Å²) in [5.74, 6) is -0.622. The van der Waals surface area contributed by atoms with Crippen molar-refractivity contribution in [3.63, 3.8) is 0 Å². The molecular formula is C21H20N2O3. The molecule has 0 bridgehead atoms. The van der Waals surface area contributed by atoms with E-state index in [1.165, 1.54) is 11.1 Å². The van der Waals surface area contributed by atoms with Crippen LogP contribution in [0.4, 0.5) is 4.79 Å². The normalized spacial score (nSPS) is 21.7. The number of Topliss-reactive ketones (excluding diaryl/α,β-unsaturated/α-hetero) is 1. The van der Waals surface area contributed by atoms with Crippen molar-refractivity contribution in [2.75, 3.05) is 6.54 Å². The fourth-order valence-corrected chi connectivity index (χ4v) is 3.79. The first-order valence-electron chi connectivity index (χ1n) is 8.84. The Balaban J connectivity index is 1.56. The summed E-state index contributed by atoms with van der Waals surface area (Å²) in [5.41, 5.74) is 2.59. The van der Waals surface area contributed by atoms with Gasteiger partial charge in [-0.15, -0.1) is 0 Å². The Morgan fingerprint density at radius 1 is 1.08 bits per heavy atom. The first-order valence-corrected chi connectivity index (χ1v) is 8.84. The quantitative estimate of drug-likeness (QED) is 0.682. The summed E-state index contributed by atoms with van der Waals surface area (Å²) >= 11 is 0. The van der Waals surface area contributed by atoms with E-state index in [4.69, 9.17) is 0 Å². The SMILES string of the molecule is C[C@@]1(c2ccccc2)NC(=O)N(CC(=O)c2ccc3c(c2)CCC3)C1=O. The minimum absolute atomic E-state index is 0.222. The summed E-state index contributed by atoms with van der Waals surface area (Å²) < 4.78 is 0. The molecule has 0 spiro atoms. The van der Waals surface area contributed by atoms with E-state index in [1.54, 1.807) is 25.1 Å². The smallest absolute Gasteiger partial charge is 0.319 e. The van der Waals surface area contributed by atoms with Crippen LogP contribution in [0.2, 0.25) is 0 Å². The Bertz CT molecular complexity index is 907. The van der Waals surface area contributed by atoms with Crippen molar-refractivity contribution >= 4 is 17.7 Å². The maximum atomic E-state index is 12.9. The number of fused-ring (bicyclic) bond motifs is 1. The molecule has 2 aliphatic rings. The molecule has 1 saturated heterocycles. The first kappa shape index (κ1) is 16.5. The molecule has 4 rings (SSSR count). The van der Waals surface area contributed by atoms with Gasteiger partial charge in [-0.25, -0.2) is 4.79 Å². The number of nitrogens with one attached hydrogen (secondary N) is 1. The van der Waals surface area contributed by atoms with Gasteiger partial charge in [0, 0.05) is 5.56 Å². The lowest BCUT2D eigenvalue weighted by Gasteiger charge is -2.22.